The van der Waals surface area contributed by atoms with Crippen molar-refractivity contribution < 1.29 is 4.74 Å². The maximum atomic E-state index is 5.78. The highest BCUT2D eigenvalue weighted by Gasteiger charge is 2.10. The van der Waals surface area contributed by atoms with Crippen LogP contribution in [0.25, 0.3) is 11.4 Å². The number of nitrogens with zero attached hydrogens (tertiary/aromatic N) is 4. The molecule has 2 rings (SSSR count). The van der Waals surface area contributed by atoms with E-state index < -0.39 is 10.0 Å². The third kappa shape index (κ3) is 4.98. The number of nitrogen functional groups attached to an aromatic ring is 1. The van der Waals surface area contributed by atoms with Crippen LogP contribution in [0.2, 0.25) is 0 Å². The molecule has 0 saturated heterocycles. The van der Waals surface area contributed by atoms with Gasteiger partial charge >= 0.3 is 0 Å². The highest BCUT2D eigenvalue weighted by atomic mass is 79.9. The van der Waals surface area contributed by atoms with Crippen molar-refractivity contribution in [1.29, 1.82) is 0 Å². The summed E-state index contributed by atoms with van der Waals surface area (Å²) in [6, 6.07) is 5.50. The first-order chi connectivity index (χ1) is 9.85. The minimum atomic E-state index is -0.538. The van der Waals surface area contributed by atoms with Gasteiger partial charge in [-0.15, -0.1) is 15.0 Å². The molecule has 0 aliphatic carbocycles. The molecule has 2 aromatic rings. The lowest BCUT2D eigenvalue weighted by Crippen LogP contribution is -2.11. The molecule has 1 aromatic heterocycles. The smallest absolute Gasteiger partial charge is 0.206 e. The summed E-state index contributed by atoms with van der Waals surface area (Å²) in [5, 5.41) is 12.3. The summed E-state index contributed by atoms with van der Waals surface area (Å²) in [4.78, 5) is 1.45. The fraction of sp³-hybridized carbons (Fsp3) is 0.462. The van der Waals surface area contributed by atoms with Gasteiger partial charge in [-0.3, -0.25) is 0 Å². The molecule has 0 radical (unpaired) electrons. The molecule has 2 N–H and O–H groups in total. The molecule has 0 unspecified atom stereocenters. The number of hydrogen-bond donors (Lipinski definition) is 1. The van der Waals surface area contributed by atoms with Crippen LogP contribution in [0.5, 0.6) is 0 Å². The average molecular weight is 374 g/mol. The van der Waals surface area contributed by atoms with E-state index in [1.54, 1.807) is 0 Å². The molecule has 0 saturated carbocycles. The van der Waals surface area contributed by atoms with E-state index >= 15 is 0 Å². The largest absolute Gasteiger partial charge is 0.399 e. The predicted molar refractivity (Wildman–Crippen MR) is 91.5 cm³/mol. The molecule has 0 aliphatic heterocycles. The summed E-state index contributed by atoms with van der Waals surface area (Å²) in [6.07, 6.45) is 6.79. The standard InChI is InChI=1S/C13H20BrN5OS/c1-21(2,3)7-6-20-9-19-17-13(16-18-19)11-8-10(15)4-5-12(11)14/h4-5,8H,6-7,9,15H2,1-3H3. The molecule has 116 valence electrons. The molecule has 0 amide bonds. The van der Waals surface area contributed by atoms with Gasteiger partial charge in [-0.05, 0) is 42.2 Å². The second-order valence-electron chi connectivity index (χ2n) is 5.56. The topological polar surface area (TPSA) is 78.8 Å². The quantitative estimate of drug-likeness (QED) is 0.620. The van der Waals surface area contributed by atoms with E-state index in [-0.39, 0.29) is 0 Å². The van der Waals surface area contributed by atoms with Crippen molar-refractivity contribution in [3.63, 3.8) is 0 Å². The second-order valence-corrected chi connectivity index (χ2v) is 11.0. The summed E-state index contributed by atoms with van der Waals surface area (Å²) in [5.74, 6) is 1.59. The van der Waals surface area contributed by atoms with Crippen LogP contribution < -0.4 is 5.73 Å². The first-order valence-corrected chi connectivity index (χ1v) is 10.2. The molecule has 0 fully saturated rings. The van der Waals surface area contributed by atoms with Crippen molar-refractivity contribution in [3.05, 3.63) is 22.7 Å². The lowest BCUT2D eigenvalue weighted by Gasteiger charge is -2.24. The predicted octanol–water partition coefficient (Wildman–Crippen LogP) is 2.35. The van der Waals surface area contributed by atoms with Crippen LogP contribution in [0.3, 0.4) is 0 Å². The maximum absolute atomic E-state index is 5.78. The minimum Gasteiger partial charge on any atom is -0.399 e. The molecule has 0 atom stereocenters. The van der Waals surface area contributed by atoms with Gasteiger partial charge in [-0.1, -0.05) is 15.9 Å². The summed E-state index contributed by atoms with van der Waals surface area (Å²) in [6.45, 7) is 1.01. The lowest BCUT2D eigenvalue weighted by atomic mass is 10.2. The first kappa shape index (κ1) is 16.3. The normalized spacial score (nSPS) is 12.6. The Balaban J connectivity index is 1.97. The summed E-state index contributed by atoms with van der Waals surface area (Å²) in [7, 11) is -0.538. The lowest BCUT2D eigenvalue weighted by molar-refractivity contribution is 0.0696. The molecule has 0 bridgehead atoms. The molecule has 6 nitrogen and oxygen atoms in total. The van der Waals surface area contributed by atoms with Crippen LogP contribution in [-0.4, -0.2) is 51.3 Å². The number of halogens is 1. The van der Waals surface area contributed by atoms with E-state index in [0.717, 1.165) is 15.8 Å². The molecule has 1 heterocycles. The van der Waals surface area contributed by atoms with E-state index in [4.69, 9.17) is 10.5 Å². The van der Waals surface area contributed by atoms with E-state index in [2.05, 4.69) is 50.1 Å². The Kier molecular flexibility index (Phi) is 5.23. The number of benzene rings is 1. The van der Waals surface area contributed by atoms with Crippen LogP contribution in [-0.2, 0) is 11.5 Å². The highest BCUT2D eigenvalue weighted by molar-refractivity contribution is 9.10. The van der Waals surface area contributed by atoms with Crippen molar-refractivity contribution >= 4 is 31.6 Å². The van der Waals surface area contributed by atoms with Gasteiger partial charge in [0.2, 0.25) is 5.82 Å². The van der Waals surface area contributed by atoms with Crippen molar-refractivity contribution in [2.24, 2.45) is 0 Å². The van der Waals surface area contributed by atoms with Crippen molar-refractivity contribution in [2.75, 3.05) is 36.9 Å². The number of aromatic nitrogens is 4. The van der Waals surface area contributed by atoms with E-state index in [0.29, 0.717) is 24.8 Å². The highest BCUT2D eigenvalue weighted by Crippen LogP contribution is 2.33. The Bertz CT molecular complexity index is 611. The van der Waals surface area contributed by atoms with Crippen LogP contribution >= 0.6 is 26.0 Å². The van der Waals surface area contributed by atoms with E-state index in [1.807, 2.05) is 18.2 Å². The monoisotopic (exact) mass is 373 g/mol. The molecule has 0 aliphatic rings. The molecule has 8 heteroatoms. The number of ether oxygens (including phenoxy) is 1. The molecule has 0 spiro atoms. The van der Waals surface area contributed by atoms with Crippen LogP contribution in [0.15, 0.2) is 22.7 Å². The molecular formula is C13H20BrN5OS. The summed E-state index contributed by atoms with van der Waals surface area (Å²) < 4.78 is 6.46. The van der Waals surface area contributed by atoms with Gasteiger partial charge in [0.15, 0.2) is 6.73 Å². The van der Waals surface area contributed by atoms with Gasteiger partial charge in [0.05, 0.1) is 6.61 Å². The Morgan fingerprint density at radius 1 is 1.33 bits per heavy atom. The van der Waals surface area contributed by atoms with Gasteiger partial charge in [0.25, 0.3) is 0 Å². The maximum Gasteiger partial charge on any atom is 0.206 e. The zero-order valence-electron chi connectivity index (χ0n) is 12.4. The number of rotatable bonds is 6. The second kappa shape index (κ2) is 6.76. The van der Waals surface area contributed by atoms with Gasteiger partial charge in [0, 0.05) is 21.5 Å². The summed E-state index contributed by atoms with van der Waals surface area (Å²) in [5.41, 5.74) is 7.27. The SMILES string of the molecule is CS(C)(C)CCOCn1nnc(-c2cc(N)ccc2Br)n1. The van der Waals surface area contributed by atoms with Crippen LogP contribution in [0.4, 0.5) is 5.69 Å². The van der Waals surface area contributed by atoms with Gasteiger partial charge in [-0.25, -0.2) is 10.0 Å². The Morgan fingerprint density at radius 2 is 2.10 bits per heavy atom. The van der Waals surface area contributed by atoms with Gasteiger partial charge < -0.3 is 10.5 Å². The van der Waals surface area contributed by atoms with E-state index in [1.165, 1.54) is 4.80 Å². The zero-order valence-corrected chi connectivity index (χ0v) is 14.8. The average Bonchev–Trinajstić information content (AvgIpc) is 2.85. The van der Waals surface area contributed by atoms with Crippen LogP contribution in [0.1, 0.15) is 0 Å². The van der Waals surface area contributed by atoms with Crippen molar-refractivity contribution in [2.45, 2.75) is 6.73 Å². The number of anilines is 1. The zero-order chi connectivity index (χ0) is 15.5. The minimum absolute atomic E-state index is 0.308. The molecule has 1 aromatic carbocycles. The number of hydrogen-bond acceptors (Lipinski definition) is 5. The fourth-order valence-corrected chi connectivity index (χ4v) is 2.62. The van der Waals surface area contributed by atoms with E-state index in [9.17, 15) is 0 Å². The number of tetrazole rings is 1. The summed E-state index contributed by atoms with van der Waals surface area (Å²) >= 11 is 3.46. The number of nitrogens with two attached hydrogens (primary N) is 1. The Morgan fingerprint density at radius 3 is 2.81 bits per heavy atom. The molecular weight excluding hydrogens is 354 g/mol. The third-order valence-electron chi connectivity index (χ3n) is 2.73. The van der Waals surface area contributed by atoms with Crippen LogP contribution in [0, 0.1) is 0 Å². The third-order valence-corrected chi connectivity index (χ3v) is 4.81. The van der Waals surface area contributed by atoms with Crippen molar-refractivity contribution in [3.8, 4) is 11.4 Å². The van der Waals surface area contributed by atoms with Gasteiger partial charge in [-0.2, -0.15) is 0 Å². The Hall–Kier alpha value is -1.12. The Labute approximate surface area is 134 Å². The molecule has 21 heavy (non-hydrogen) atoms. The van der Waals surface area contributed by atoms with Gasteiger partial charge in [0.1, 0.15) is 0 Å². The van der Waals surface area contributed by atoms with Crippen molar-refractivity contribution in [1.82, 2.24) is 20.2 Å². The first-order valence-electron chi connectivity index (χ1n) is 6.42. The fourth-order valence-electron chi connectivity index (χ4n) is 1.58.